The molecule has 1 aromatic heterocycles. The number of hydrogen-bond donors (Lipinski definition) is 3. The van der Waals surface area contributed by atoms with Gasteiger partial charge in [0, 0.05) is 11.3 Å². The van der Waals surface area contributed by atoms with Gasteiger partial charge in [0.2, 0.25) is 0 Å². The van der Waals surface area contributed by atoms with Crippen molar-refractivity contribution in [3.63, 3.8) is 0 Å². The van der Waals surface area contributed by atoms with Crippen LogP contribution in [-0.4, -0.2) is 27.8 Å². The Morgan fingerprint density at radius 3 is 2.58 bits per heavy atom. The molecule has 2 aromatic carbocycles. The number of aryl methyl sites for hydroxylation is 1. The first-order chi connectivity index (χ1) is 12.4. The first-order valence-electron chi connectivity index (χ1n) is 7.64. The molecular formula is C18H15F2N3O3. The van der Waals surface area contributed by atoms with Crippen molar-refractivity contribution < 1.29 is 23.4 Å². The first-order valence-corrected chi connectivity index (χ1v) is 7.64. The van der Waals surface area contributed by atoms with Crippen LogP contribution in [0.5, 0.6) is 11.5 Å². The molecule has 0 bridgehead atoms. The summed E-state index contributed by atoms with van der Waals surface area (Å²) in [6, 6.07) is 12.2. The number of aromatic hydroxyl groups is 1. The van der Waals surface area contributed by atoms with Gasteiger partial charge in [-0.1, -0.05) is 6.07 Å². The average molecular weight is 359 g/mol. The Bertz CT molecular complexity index is 924. The Balaban J connectivity index is 1.72. The Labute approximate surface area is 147 Å². The number of amides is 1. The lowest BCUT2D eigenvalue weighted by molar-refractivity contribution is -0.0498. The van der Waals surface area contributed by atoms with E-state index in [0.29, 0.717) is 16.9 Å². The normalized spacial score (nSPS) is 10.8. The van der Waals surface area contributed by atoms with Crippen molar-refractivity contribution in [2.45, 2.75) is 13.5 Å². The molecule has 0 radical (unpaired) electrons. The topological polar surface area (TPSA) is 87.2 Å². The molecule has 0 aliphatic carbocycles. The second-order valence-corrected chi connectivity index (χ2v) is 5.54. The maximum atomic E-state index is 12.3. The van der Waals surface area contributed by atoms with Crippen LogP contribution in [0.15, 0.2) is 48.5 Å². The summed E-state index contributed by atoms with van der Waals surface area (Å²) in [5, 5.41) is 19.3. The SMILES string of the molecule is Cc1ccc(-c2cc(C(=O)Nc3ccc(OC(F)F)cc3)[nH]n2)c(O)c1. The Morgan fingerprint density at radius 2 is 1.92 bits per heavy atom. The summed E-state index contributed by atoms with van der Waals surface area (Å²) in [5.41, 5.74) is 2.42. The van der Waals surface area contributed by atoms with Gasteiger partial charge >= 0.3 is 6.61 Å². The molecule has 1 heterocycles. The third kappa shape index (κ3) is 3.97. The summed E-state index contributed by atoms with van der Waals surface area (Å²) in [4.78, 5) is 12.3. The fourth-order valence-corrected chi connectivity index (χ4v) is 2.35. The zero-order valence-corrected chi connectivity index (χ0v) is 13.7. The number of halogens is 2. The number of phenolic OH excluding ortho intramolecular Hbond substituents is 1. The molecule has 3 aromatic rings. The smallest absolute Gasteiger partial charge is 0.387 e. The van der Waals surface area contributed by atoms with E-state index in [4.69, 9.17) is 0 Å². The van der Waals surface area contributed by atoms with Gasteiger partial charge in [-0.15, -0.1) is 0 Å². The van der Waals surface area contributed by atoms with Crippen molar-refractivity contribution >= 4 is 11.6 Å². The van der Waals surface area contributed by atoms with Gasteiger partial charge in [-0.05, 0) is 55.0 Å². The molecule has 3 rings (SSSR count). The van der Waals surface area contributed by atoms with E-state index >= 15 is 0 Å². The molecule has 3 N–H and O–H groups in total. The van der Waals surface area contributed by atoms with E-state index in [1.54, 1.807) is 12.1 Å². The Hall–Kier alpha value is -3.42. The van der Waals surface area contributed by atoms with Gasteiger partial charge in [-0.3, -0.25) is 9.89 Å². The van der Waals surface area contributed by atoms with Crippen LogP contribution in [0.25, 0.3) is 11.3 Å². The number of rotatable bonds is 5. The summed E-state index contributed by atoms with van der Waals surface area (Å²) in [6.45, 7) is -1.05. The summed E-state index contributed by atoms with van der Waals surface area (Å²) in [6.07, 6.45) is 0. The lowest BCUT2D eigenvalue weighted by Gasteiger charge is -2.06. The molecule has 26 heavy (non-hydrogen) atoms. The molecule has 134 valence electrons. The fraction of sp³-hybridized carbons (Fsp3) is 0.111. The number of carbonyl (C=O) groups is 1. The highest BCUT2D eigenvalue weighted by Gasteiger charge is 2.14. The van der Waals surface area contributed by atoms with E-state index in [9.17, 15) is 18.7 Å². The summed E-state index contributed by atoms with van der Waals surface area (Å²) in [5.74, 6) is -0.396. The van der Waals surface area contributed by atoms with Crippen molar-refractivity contribution in [2.75, 3.05) is 5.32 Å². The van der Waals surface area contributed by atoms with Crippen molar-refractivity contribution in [1.29, 1.82) is 0 Å². The van der Waals surface area contributed by atoms with E-state index in [0.717, 1.165) is 5.56 Å². The number of nitrogens with one attached hydrogen (secondary N) is 2. The van der Waals surface area contributed by atoms with E-state index in [1.165, 1.54) is 30.3 Å². The minimum atomic E-state index is -2.91. The molecule has 0 unspecified atom stereocenters. The molecular weight excluding hydrogens is 344 g/mol. The number of carbonyl (C=O) groups excluding carboxylic acids is 1. The minimum Gasteiger partial charge on any atom is -0.507 e. The standard InChI is InChI=1S/C18H15F2N3O3/c1-10-2-7-13(16(24)8-10)14-9-15(23-22-14)17(25)21-11-3-5-12(6-4-11)26-18(19)20/h2-9,18,24H,1H3,(H,21,25)(H,22,23). The van der Waals surface area contributed by atoms with Gasteiger partial charge in [0.05, 0.1) is 5.69 Å². The van der Waals surface area contributed by atoms with Crippen LogP contribution in [0.1, 0.15) is 16.1 Å². The number of alkyl halides is 2. The summed E-state index contributed by atoms with van der Waals surface area (Å²) in [7, 11) is 0. The van der Waals surface area contributed by atoms with Gasteiger partial charge in [-0.25, -0.2) is 0 Å². The minimum absolute atomic E-state index is 0.00308. The third-order valence-corrected chi connectivity index (χ3v) is 3.59. The highest BCUT2D eigenvalue weighted by atomic mass is 19.3. The number of ether oxygens (including phenoxy) is 1. The number of aromatic nitrogens is 2. The number of anilines is 1. The lowest BCUT2D eigenvalue weighted by Crippen LogP contribution is -2.12. The van der Waals surface area contributed by atoms with Crippen LogP contribution in [0.2, 0.25) is 0 Å². The number of nitrogens with zero attached hydrogens (tertiary/aromatic N) is 1. The van der Waals surface area contributed by atoms with E-state index in [-0.39, 0.29) is 17.2 Å². The summed E-state index contributed by atoms with van der Waals surface area (Å²) < 4.78 is 28.5. The van der Waals surface area contributed by atoms with Gasteiger partial charge in [-0.2, -0.15) is 13.9 Å². The predicted molar refractivity (Wildman–Crippen MR) is 91.5 cm³/mol. The van der Waals surface area contributed by atoms with Crippen LogP contribution in [-0.2, 0) is 0 Å². The molecule has 0 saturated heterocycles. The first kappa shape index (κ1) is 17.4. The molecule has 6 nitrogen and oxygen atoms in total. The highest BCUT2D eigenvalue weighted by Crippen LogP contribution is 2.29. The van der Waals surface area contributed by atoms with Gasteiger partial charge in [0.1, 0.15) is 17.2 Å². The molecule has 0 fully saturated rings. The van der Waals surface area contributed by atoms with Crippen molar-refractivity contribution in [2.24, 2.45) is 0 Å². The maximum absolute atomic E-state index is 12.3. The zero-order valence-electron chi connectivity index (χ0n) is 13.7. The molecule has 0 aliphatic heterocycles. The van der Waals surface area contributed by atoms with Crippen molar-refractivity contribution in [1.82, 2.24) is 10.2 Å². The quantitative estimate of drug-likeness (QED) is 0.644. The molecule has 0 saturated carbocycles. The summed E-state index contributed by atoms with van der Waals surface area (Å²) >= 11 is 0. The monoisotopic (exact) mass is 359 g/mol. The molecule has 0 aliphatic rings. The number of hydrogen-bond acceptors (Lipinski definition) is 4. The lowest BCUT2D eigenvalue weighted by atomic mass is 10.1. The number of H-pyrrole nitrogens is 1. The van der Waals surface area contributed by atoms with Gasteiger partial charge in [0.15, 0.2) is 0 Å². The van der Waals surface area contributed by atoms with E-state index < -0.39 is 12.5 Å². The van der Waals surface area contributed by atoms with E-state index in [1.807, 2.05) is 13.0 Å². The van der Waals surface area contributed by atoms with Crippen LogP contribution in [0, 0.1) is 6.92 Å². The number of phenols is 1. The molecule has 8 heteroatoms. The number of benzene rings is 2. The molecule has 0 atom stereocenters. The maximum Gasteiger partial charge on any atom is 0.387 e. The highest BCUT2D eigenvalue weighted by molar-refractivity contribution is 6.03. The third-order valence-electron chi connectivity index (χ3n) is 3.59. The Kier molecular flexibility index (Phi) is 4.83. The van der Waals surface area contributed by atoms with Crippen LogP contribution >= 0.6 is 0 Å². The van der Waals surface area contributed by atoms with Crippen molar-refractivity contribution in [3.8, 4) is 22.8 Å². The second-order valence-electron chi connectivity index (χ2n) is 5.54. The van der Waals surface area contributed by atoms with Gasteiger partial charge < -0.3 is 15.2 Å². The van der Waals surface area contributed by atoms with Crippen LogP contribution < -0.4 is 10.1 Å². The largest absolute Gasteiger partial charge is 0.507 e. The molecule has 0 spiro atoms. The van der Waals surface area contributed by atoms with E-state index in [2.05, 4.69) is 20.3 Å². The van der Waals surface area contributed by atoms with Crippen molar-refractivity contribution in [3.05, 3.63) is 59.8 Å². The van der Waals surface area contributed by atoms with Crippen LogP contribution in [0.3, 0.4) is 0 Å². The average Bonchev–Trinajstić information content (AvgIpc) is 3.06. The van der Waals surface area contributed by atoms with Gasteiger partial charge in [0.25, 0.3) is 5.91 Å². The number of aromatic amines is 1. The Morgan fingerprint density at radius 1 is 1.19 bits per heavy atom. The van der Waals surface area contributed by atoms with Crippen LogP contribution in [0.4, 0.5) is 14.5 Å². The second kappa shape index (κ2) is 7.22. The zero-order chi connectivity index (χ0) is 18.7. The predicted octanol–water partition coefficient (Wildman–Crippen LogP) is 3.94. The molecule has 1 amide bonds. The fourth-order valence-electron chi connectivity index (χ4n) is 2.35.